The van der Waals surface area contributed by atoms with Crippen LogP contribution in [0.2, 0.25) is 0 Å². The molecule has 0 aromatic rings. The molecule has 0 spiro atoms. The third kappa shape index (κ3) is 8.86. The Hall–Kier alpha value is 2.27. The zero-order valence-electron chi connectivity index (χ0n) is 0.802. The van der Waals surface area contributed by atoms with Gasteiger partial charge in [-0.1, -0.05) is 0 Å². The molecule has 0 heterocycles. The maximum atomic E-state index is 0. The second-order valence-corrected chi connectivity index (χ2v) is 0. The first-order chi connectivity index (χ1) is 0. The molecule has 0 bridgehead atoms. The third-order valence-electron chi connectivity index (χ3n) is 0. The molecule has 0 aliphatic rings. The Morgan fingerprint density at radius 2 is 1.00 bits per heavy atom. The van der Waals surface area contributed by atoms with Crippen LogP contribution in [0, 0.1) is 0 Å². The van der Waals surface area contributed by atoms with Crippen LogP contribution in [0.4, 0.5) is 0 Å². The van der Waals surface area contributed by atoms with Crippen LogP contribution >= 0.6 is 13.5 Å². The second kappa shape index (κ2) is 18.6. The van der Waals surface area contributed by atoms with Gasteiger partial charge in [-0.2, -0.15) is 13.5 Å². The van der Waals surface area contributed by atoms with E-state index in [1.807, 2.05) is 0 Å². The Balaban J connectivity index is 0. The van der Waals surface area contributed by atoms with Gasteiger partial charge < -0.3 is 0 Å². The van der Waals surface area contributed by atoms with Gasteiger partial charge in [0.15, 0.2) is 17.4 Å². The molecule has 0 aromatic carbocycles. The molecule has 0 aromatic heterocycles. The Morgan fingerprint density at radius 3 is 1.00 bits per heavy atom. The van der Waals surface area contributed by atoms with Crippen molar-refractivity contribution in [3.8, 4) is 0 Å². The van der Waals surface area contributed by atoms with E-state index in [-0.39, 0.29) is 73.8 Å². The van der Waals surface area contributed by atoms with Crippen LogP contribution in [0.1, 0.15) is 0 Å². The average molecular weight is 245 g/mol. The van der Waals surface area contributed by atoms with E-state index in [9.17, 15) is 0 Å². The zero-order valence-corrected chi connectivity index (χ0v) is 2.74. The number of hydrogen-bond acceptors (Lipinski definition) is 0. The molecule has 0 fully saturated rings. The summed E-state index contributed by atoms with van der Waals surface area (Å²) < 4.78 is 0. The average Bonchev–Trinajstić information content (AvgIpc) is 0. The van der Waals surface area contributed by atoms with Crippen LogP contribution in [-0.4, -0.2) is 43.2 Å². The van der Waals surface area contributed by atoms with Crippen molar-refractivity contribution in [1.82, 2.24) is 0 Å². The van der Waals surface area contributed by atoms with E-state index in [0.29, 0.717) is 0 Å². The first kappa shape index (κ1) is 33.8. The van der Waals surface area contributed by atoms with Crippen LogP contribution < -0.4 is 0 Å². The van der Waals surface area contributed by atoms with Gasteiger partial charge in [0.05, 0.1) is 0 Å². The third-order valence-corrected chi connectivity index (χ3v) is 0. The summed E-state index contributed by atoms with van der Waals surface area (Å²) in [6.07, 6.45) is 0. The molecule has 0 rings (SSSR count). The summed E-state index contributed by atoms with van der Waals surface area (Å²) in [5.74, 6) is 0. The van der Waals surface area contributed by atoms with Crippen molar-refractivity contribution in [2.75, 3.05) is 0 Å². The van der Waals surface area contributed by atoms with Crippen LogP contribution in [-0.2, 0) is 17.1 Å². The molecule has 0 amide bonds. The van der Waals surface area contributed by atoms with Gasteiger partial charge >= 0.3 is 25.8 Å². The molecule has 0 nitrogen and oxygen atoms in total. The Kier molecular flexibility index (Phi) is 157. The fraction of sp³-hybridized carbons (Fsp3) is 0. The van der Waals surface area contributed by atoms with E-state index in [1.165, 1.54) is 0 Å². The summed E-state index contributed by atoms with van der Waals surface area (Å²) in [6, 6.07) is 0. The molecule has 0 atom stereocenters. The molecule has 0 saturated carbocycles. The van der Waals surface area contributed by atoms with Gasteiger partial charge in [0, 0.05) is 17.1 Å². The predicted octanol–water partition coefficient (Wildman–Crippen LogP) is -2.26. The van der Waals surface area contributed by atoms with Crippen molar-refractivity contribution in [3.63, 3.8) is 0 Å². The van der Waals surface area contributed by atoms with Gasteiger partial charge in [0.2, 0.25) is 0 Å². The molecule has 4 heteroatoms. The molecule has 31 valence electrons. The number of hydrogen-bond donors (Lipinski definition) is 0. The van der Waals surface area contributed by atoms with Crippen molar-refractivity contribution < 1.29 is 17.1 Å². The fourth-order valence-corrected chi connectivity index (χ4v) is 0. The minimum atomic E-state index is 0. The summed E-state index contributed by atoms with van der Waals surface area (Å²) in [5.41, 5.74) is 0. The fourth-order valence-electron chi connectivity index (χ4n) is 0. The van der Waals surface area contributed by atoms with Crippen LogP contribution in [0.25, 0.3) is 0 Å². The van der Waals surface area contributed by atoms with Crippen molar-refractivity contribution in [3.05, 3.63) is 0 Å². The van der Waals surface area contributed by atoms with Crippen molar-refractivity contribution >= 4 is 56.7 Å². The first-order valence-electron chi connectivity index (χ1n) is 0. The zero-order chi connectivity index (χ0) is 0. The van der Waals surface area contributed by atoms with E-state index >= 15 is 0 Å². The van der Waals surface area contributed by atoms with Crippen LogP contribution in [0.5, 0.6) is 0 Å². The quantitative estimate of drug-likeness (QED) is 0.423. The molecule has 0 saturated heterocycles. The van der Waals surface area contributed by atoms with Gasteiger partial charge in [0.25, 0.3) is 0 Å². The molecule has 0 aliphatic carbocycles. The summed E-state index contributed by atoms with van der Waals surface area (Å²) in [6.45, 7) is 0. The topological polar surface area (TPSA) is 0 Å². The van der Waals surface area contributed by atoms with Gasteiger partial charge in [-0.05, 0) is 0 Å². The Bertz CT molecular complexity index is 8.00. The minimum absolute atomic E-state index is 0. The molecule has 4 heavy (non-hydrogen) atoms. The van der Waals surface area contributed by atoms with E-state index in [0.717, 1.165) is 0 Å². The normalized spacial score (nSPS) is 0. The SMILES string of the molecule is S.[AlH3].[Cu].[InH3]. The number of rotatable bonds is 0. The van der Waals surface area contributed by atoms with E-state index in [2.05, 4.69) is 0 Å². The second-order valence-electron chi connectivity index (χ2n) is 0. The maximum absolute atomic E-state index is 0. The molecule has 0 N–H and O–H groups in total. The predicted molar refractivity (Wildman–Crippen MR) is 30.3 cm³/mol. The molecular weight excluding hydrogens is 237 g/mol. The molecule has 0 aliphatic heterocycles. The molecule has 0 unspecified atom stereocenters. The Morgan fingerprint density at radius 1 is 1.00 bits per heavy atom. The van der Waals surface area contributed by atoms with E-state index in [1.54, 1.807) is 0 Å². The summed E-state index contributed by atoms with van der Waals surface area (Å²) in [4.78, 5) is 0. The summed E-state index contributed by atoms with van der Waals surface area (Å²) >= 11 is 0. The summed E-state index contributed by atoms with van der Waals surface area (Å²) in [5, 5.41) is 0. The summed E-state index contributed by atoms with van der Waals surface area (Å²) in [7, 11) is 0. The van der Waals surface area contributed by atoms with Crippen LogP contribution in [0.3, 0.4) is 0 Å². The van der Waals surface area contributed by atoms with Crippen molar-refractivity contribution in [2.24, 2.45) is 0 Å². The van der Waals surface area contributed by atoms with E-state index < -0.39 is 0 Å². The first-order valence-corrected chi connectivity index (χ1v) is 0. The standard InChI is InChI=1S/Al.Cu.In.H2S.6H/h;;;1H2;;;;;;. The van der Waals surface area contributed by atoms with Crippen molar-refractivity contribution in [2.45, 2.75) is 0 Å². The van der Waals surface area contributed by atoms with E-state index in [4.69, 9.17) is 0 Å². The van der Waals surface area contributed by atoms with Crippen molar-refractivity contribution in [1.29, 1.82) is 0 Å². The van der Waals surface area contributed by atoms with Gasteiger partial charge in [0.1, 0.15) is 0 Å². The van der Waals surface area contributed by atoms with Gasteiger partial charge in [-0.3, -0.25) is 0 Å². The molecule has 1 radical (unpaired) electrons. The molecular formula is H8AlCuInS. The van der Waals surface area contributed by atoms with Crippen LogP contribution in [0.15, 0.2) is 0 Å². The van der Waals surface area contributed by atoms with Gasteiger partial charge in [-0.25, -0.2) is 0 Å². The van der Waals surface area contributed by atoms with Gasteiger partial charge in [-0.15, -0.1) is 0 Å². The Labute approximate surface area is 72.9 Å². The monoisotopic (exact) mass is 245 g/mol.